The summed E-state index contributed by atoms with van der Waals surface area (Å²) in [6.07, 6.45) is 3.83. The smallest absolute Gasteiger partial charge is 0.155 e. The lowest BCUT2D eigenvalue weighted by Gasteiger charge is -2.22. The summed E-state index contributed by atoms with van der Waals surface area (Å²) in [4.78, 5) is 14.6. The van der Waals surface area contributed by atoms with Crippen LogP contribution in [0.25, 0.3) is 0 Å². The Kier molecular flexibility index (Phi) is 3.26. The van der Waals surface area contributed by atoms with E-state index in [1.807, 2.05) is 20.8 Å². The summed E-state index contributed by atoms with van der Waals surface area (Å²) in [6.45, 7) is 5.78. The number of halogens is 1. The molecule has 0 aliphatic carbocycles. The van der Waals surface area contributed by atoms with E-state index in [-0.39, 0.29) is 5.60 Å². The Morgan fingerprint density at radius 3 is 2.57 bits per heavy atom. The van der Waals surface area contributed by atoms with Crippen LogP contribution in [0.4, 0.5) is 0 Å². The van der Waals surface area contributed by atoms with Crippen LogP contribution in [0.15, 0.2) is 16.9 Å². The molecule has 3 nitrogen and oxygen atoms in total. The fraction of sp³-hybridized carbons (Fsp3) is 0.400. The molecule has 0 saturated heterocycles. The van der Waals surface area contributed by atoms with Crippen molar-refractivity contribution in [3.63, 3.8) is 0 Å². The quantitative estimate of drug-likeness (QED) is 0.765. The van der Waals surface area contributed by atoms with Gasteiger partial charge in [0.2, 0.25) is 0 Å². The first-order valence-electron chi connectivity index (χ1n) is 4.22. The molecule has 0 radical (unpaired) electrons. The maximum atomic E-state index is 10.7. The molecular weight excluding hydrogens is 246 g/mol. The van der Waals surface area contributed by atoms with Crippen LogP contribution in [0, 0.1) is 0 Å². The maximum Gasteiger partial charge on any atom is 0.155 e. The van der Waals surface area contributed by atoms with Gasteiger partial charge in [-0.15, -0.1) is 0 Å². The monoisotopic (exact) mass is 257 g/mol. The summed E-state index contributed by atoms with van der Waals surface area (Å²) in [7, 11) is 0. The number of nitrogens with zero attached hydrogens (tertiary/aromatic N) is 1. The van der Waals surface area contributed by atoms with Gasteiger partial charge in [-0.25, -0.2) is 0 Å². The first-order valence-corrected chi connectivity index (χ1v) is 5.01. The molecule has 0 atom stereocenters. The van der Waals surface area contributed by atoms with Crippen molar-refractivity contribution in [2.45, 2.75) is 26.4 Å². The lowest BCUT2D eigenvalue weighted by molar-refractivity contribution is 0.109. The molecule has 4 heteroatoms. The molecule has 0 aliphatic heterocycles. The normalized spacial score (nSPS) is 11.1. The summed E-state index contributed by atoms with van der Waals surface area (Å²) < 4.78 is 6.33. The number of hydrogen-bond acceptors (Lipinski definition) is 3. The Morgan fingerprint density at radius 2 is 2.07 bits per heavy atom. The summed E-state index contributed by atoms with van der Waals surface area (Å²) in [5.41, 5.74) is 0.121. The number of carbonyl (C=O) groups excluding carboxylic acids is 1. The van der Waals surface area contributed by atoms with Crippen LogP contribution in [-0.2, 0) is 0 Å². The number of pyridine rings is 1. The highest BCUT2D eigenvalue weighted by molar-refractivity contribution is 9.10. The van der Waals surface area contributed by atoms with E-state index in [0.29, 0.717) is 15.8 Å². The molecule has 76 valence electrons. The Balaban J connectivity index is 3.11. The van der Waals surface area contributed by atoms with Gasteiger partial charge in [0, 0.05) is 12.4 Å². The van der Waals surface area contributed by atoms with Gasteiger partial charge in [-0.05, 0) is 36.7 Å². The van der Waals surface area contributed by atoms with E-state index in [4.69, 9.17) is 4.74 Å². The summed E-state index contributed by atoms with van der Waals surface area (Å²) in [5, 5.41) is 0. The van der Waals surface area contributed by atoms with Crippen molar-refractivity contribution in [2.24, 2.45) is 0 Å². The molecule has 0 unspecified atom stereocenters. The first kappa shape index (κ1) is 11.2. The van der Waals surface area contributed by atoms with E-state index >= 15 is 0 Å². The molecule has 0 saturated carbocycles. The number of aromatic nitrogens is 1. The second-order valence-electron chi connectivity index (χ2n) is 3.87. The molecule has 14 heavy (non-hydrogen) atoms. The van der Waals surface area contributed by atoms with E-state index in [1.54, 1.807) is 6.20 Å². The summed E-state index contributed by atoms with van der Waals surface area (Å²) in [5.74, 6) is 0.544. The molecule has 0 fully saturated rings. The standard InChI is InChI=1S/C10H12BrNO2/c1-10(2,3)14-9-7(6-13)4-12-5-8(9)11/h4-6H,1-3H3. The van der Waals surface area contributed by atoms with Crippen molar-refractivity contribution in [3.8, 4) is 5.75 Å². The highest BCUT2D eigenvalue weighted by atomic mass is 79.9. The molecule has 1 rings (SSSR count). The third-order valence-corrected chi connectivity index (χ3v) is 1.98. The fourth-order valence-corrected chi connectivity index (χ4v) is 1.36. The summed E-state index contributed by atoms with van der Waals surface area (Å²) in [6, 6.07) is 0. The van der Waals surface area contributed by atoms with Gasteiger partial charge in [-0.2, -0.15) is 0 Å². The van der Waals surface area contributed by atoms with Gasteiger partial charge in [0.1, 0.15) is 11.4 Å². The molecule has 0 amide bonds. The molecule has 1 aromatic heterocycles. The van der Waals surface area contributed by atoms with Gasteiger partial charge in [0.15, 0.2) is 6.29 Å². The predicted molar refractivity (Wildman–Crippen MR) is 57.7 cm³/mol. The molecular formula is C10H12BrNO2. The van der Waals surface area contributed by atoms with Crippen LogP contribution in [-0.4, -0.2) is 16.9 Å². The van der Waals surface area contributed by atoms with Crippen molar-refractivity contribution < 1.29 is 9.53 Å². The van der Waals surface area contributed by atoms with Crippen molar-refractivity contribution in [1.82, 2.24) is 4.98 Å². The number of rotatable bonds is 2. The molecule has 0 aliphatic rings. The van der Waals surface area contributed by atoms with Crippen LogP contribution in [0.5, 0.6) is 5.75 Å². The lowest BCUT2D eigenvalue weighted by atomic mass is 10.2. The molecule has 0 N–H and O–H groups in total. The van der Waals surface area contributed by atoms with Crippen molar-refractivity contribution >= 4 is 22.2 Å². The van der Waals surface area contributed by atoms with Gasteiger partial charge < -0.3 is 4.74 Å². The highest BCUT2D eigenvalue weighted by Gasteiger charge is 2.17. The largest absolute Gasteiger partial charge is 0.486 e. The van der Waals surface area contributed by atoms with Gasteiger partial charge in [0.05, 0.1) is 10.0 Å². The molecule has 0 bridgehead atoms. The van der Waals surface area contributed by atoms with Crippen molar-refractivity contribution in [2.75, 3.05) is 0 Å². The second-order valence-corrected chi connectivity index (χ2v) is 4.73. The lowest BCUT2D eigenvalue weighted by Crippen LogP contribution is -2.24. The Bertz CT molecular complexity index is 344. The van der Waals surface area contributed by atoms with Gasteiger partial charge in [-0.1, -0.05) is 0 Å². The average Bonchev–Trinajstić information content (AvgIpc) is 2.06. The van der Waals surface area contributed by atoms with E-state index in [2.05, 4.69) is 20.9 Å². The van der Waals surface area contributed by atoms with E-state index in [1.165, 1.54) is 6.20 Å². The second kappa shape index (κ2) is 4.09. The van der Waals surface area contributed by atoms with Gasteiger partial charge in [0.25, 0.3) is 0 Å². The number of ether oxygens (including phenoxy) is 1. The number of hydrogen-bond donors (Lipinski definition) is 0. The van der Waals surface area contributed by atoms with E-state index < -0.39 is 0 Å². The molecule has 1 heterocycles. The van der Waals surface area contributed by atoms with Crippen LogP contribution < -0.4 is 4.74 Å². The predicted octanol–water partition coefficient (Wildman–Crippen LogP) is 2.83. The van der Waals surface area contributed by atoms with Crippen LogP contribution in [0.3, 0.4) is 0 Å². The average molecular weight is 258 g/mol. The zero-order chi connectivity index (χ0) is 10.8. The van der Waals surface area contributed by atoms with Gasteiger partial charge >= 0.3 is 0 Å². The third-order valence-electron chi connectivity index (χ3n) is 1.42. The van der Waals surface area contributed by atoms with Crippen LogP contribution >= 0.6 is 15.9 Å². The minimum Gasteiger partial charge on any atom is -0.486 e. The topological polar surface area (TPSA) is 39.2 Å². The number of aldehydes is 1. The Labute approximate surface area is 91.6 Å². The highest BCUT2D eigenvalue weighted by Crippen LogP contribution is 2.29. The van der Waals surface area contributed by atoms with E-state index in [9.17, 15) is 4.79 Å². The molecule has 0 spiro atoms. The first-order chi connectivity index (χ1) is 6.44. The minimum absolute atomic E-state index is 0.332. The molecule has 0 aromatic carbocycles. The minimum atomic E-state index is -0.332. The third kappa shape index (κ3) is 2.80. The maximum absolute atomic E-state index is 10.7. The Hall–Kier alpha value is -0.900. The SMILES string of the molecule is CC(C)(C)Oc1c(Br)cncc1C=O. The zero-order valence-corrected chi connectivity index (χ0v) is 9.96. The molecule has 1 aromatic rings. The number of carbonyl (C=O) groups is 1. The van der Waals surface area contributed by atoms with Crippen LogP contribution in [0.1, 0.15) is 31.1 Å². The van der Waals surface area contributed by atoms with E-state index in [0.717, 1.165) is 6.29 Å². The van der Waals surface area contributed by atoms with Crippen LogP contribution in [0.2, 0.25) is 0 Å². The summed E-state index contributed by atoms with van der Waals surface area (Å²) >= 11 is 3.29. The van der Waals surface area contributed by atoms with Gasteiger partial charge in [-0.3, -0.25) is 9.78 Å². The Morgan fingerprint density at radius 1 is 1.43 bits per heavy atom. The van der Waals surface area contributed by atoms with Crippen molar-refractivity contribution in [3.05, 3.63) is 22.4 Å². The fourth-order valence-electron chi connectivity index (χ4n) is 0.936. The van der Waals surface area contributed by atoms with Crippen molar-refractivity contribution in [1.29, 1.82) is 0 Å². The zero-order valence-electron chi connectivity index (χ0n) is 8.37.